The first kappa shape index (κ1) is 27.2. The highest BCUT2D eigenvalue weighted by atomic mass is 32.2. The molecule has 4 aliphatic rings. The van der Waals surface area contributed by atoms with E-state index < -0.39 is 46.0 Å². The first-order valence-corrected chi connectivity index (χ1v) is 16.1. The van der Waals surface area contributed by atoms with Crippen LogP contribution in [0.4, 0.5) is 26.3 Å². The quantitative estimate of drug-likeness (QED) is 0.219. The zero-order valence-electron chi connectivity index (χ0n) is 22.2. The van der Waals surface area contributed by atoms with Gasteiger partial charge >= 0.3 is 17.8 Å². The van der Waals surface area contributed by atoms with Crippen LogP contribution in [0.3, 0.4) is 0 Å². The van der Waals surface area contributed by atoms with Crippen LogP contribution in [0.2, 0.25) is 0 Å². The molecule has 2 heterocycles. The molecule has 0 bridgehead atoms. The van der Waals surface area contributed by atoms with Crippen LogP contribution in [-0.2, 0) is 4.57 Å². The highest BCUT2D eigenvalue weighted by Crippen LogP contribution is 2.84. The fourth-order valence-electron chi connectivity index (χ4n) is 7.96. The number of alkyl halides is 6. The van der Waals surface area contributed by atoms with Crippen LogP contribution in [0.15, 0.2) is 94.9 Å². The second-order valence-corrected chi connectivity index (χ2v) is 15.4. The second-order valence-electron chi connectivity index (χ2n) is 11.1. The van der Waals surface area contributed by atoms with Crippen LogP contribution in [0, 0.1) is 0 Å². The van der Waals surface area contributed by atoms with Crippen molar-refractivity contribution in [3.05, 3.63) is 101 Å². The van der Waals surface area contributed by atoms with Gasteiger partial charge in [0.05, 0.1) is 9.90 Å². The van der Waals surface area contributed by atoms with Gasteiger partial charge in [-0.3, -0.25) is 0 Å². The van der Waals surface area contributed by atoms with Crippen LogP contribution in [0.1, 0.15) is 44.2 Å². The van der Waals surface area contributed by atoms with Gasteiger partial charge in [-0.25, -0.2) is 0 Å². The molecule has 3 aromatic carbocycles. The van der Waals surface area contributed by atoms with E-state index >= 15 is 30.9 Å². The molecule has 1 saturated carbocycles. The Labute approximate surface area is 238 Å². The fourth-order valence-corrected chi connectivity index (χ4v) is 14.5. The van der Waals surface area contributed by atoms with Gasteiger partial charge < -0.3 is 4.57 Å². The van der Waals surface area contributed by atoms with Crippen molar-refractivity contribution in [3.8, 4) is 0 Å². The van der Waals surface area contributed by atoms with E-state index in [0.717, 1.165) is 0 Å². The minimum Gasteiger partial charge on any atom is -0.313 e. The number of hydrogen-bond donors (Lipinski definition) is 0. The summed E-state index contributed by atoms with van der Waals surface area (Å²) in [4.78, 5) is 0.526. The van der Waals surface area contributed by atoms with E-state index in [1.165, 1.54) is 23.9 Å². The standard InChI is InChI=1S/C32H25F6OPS/c1-3-18-28-24(20-14-8-10-16-22(20)40(28,39)19-12-6-5-7-13-19)26-27(31(35,36)32(37,38)30(26,33)34)25-21-15-9-11-17-23(21)41-29(25,28)4-2/h5-17H,3-4,18H2,1-2H3/t28-,29-,40-/m1/s1. The van der Waals surface area contributed by atoms with E-state index in [4.69, 9.17) is 0 Å². The van der Waals surface area contributed by atoms with Gasteiger partial charge in [-0.15, -0.1) is 11.8 Å². The molecule has 0 amide bonds. The van der Waals surface area contributed by atoms with Crippen molar-refractivity contribution < 1.29 is 30.9 Å². The molecule has 3 aromatic rings. The lowest BCUT2D eigenvalue weighted by molar-refractivity contribution is -0.257. The Hall–Kier alpha value is -2.70. The van der Waals surface area contributed by atoms with Crippen molar-refractivity contribution in [2.24, 2.45) is 0 Å². The van der Waals surface area contributed by atoms with Gasteiger partial charge in [-0.2, -0.15) is 26.3 Å². The topological polar surface area (TPSA) is 17.1 Å². The molecule has 0 aromatic heterocycles. The number of thioether (sulfide) groups is 1. The summed E-state index contributed by atoms with van der Waals surface area (Å²) < 4.78 is 110. The SMILES string of the molecule is CCC[C@@]12C(=C3C(=C4c5ccccc5S[C@]41CC)C(F)(F)C(F)(F)C3(F)F)c1ccccc1[P@]2(=O)c1ccccc1. The van der Waals surface area contributed by atoms with Crippen molar-refractivity contribution >= 4 is 40.7 Å². The maximum absolute atomic E-state index is 16.2. The molecule has 3 atom stereocenters. The Morgan fingerprint density at radius 3 is 1.88 bits per heavy atom. The van der Waals surface area contributed by atoms with Gasteiger partial charge in [0.1, 0.15) is 0 Å². The van der Waals surface area contributed by atoms with E-state index in [2.05, 4.69) is 0 Å². The van der Waals surface area contributed by atoms with E-state index in [0.29, 0.717) is 16.6 Å². The second kappa shape index (κ2) is 8.23. The minimum absolute atomic E-state index is 0.0749. The highest BCUT2D eigenvalue weighted by molar-refractivity contribution is 8.02. The monoisotopic (exact) mass is 602 g/mol. The third kappa shape index (κ3) is 2.70. The summed E-state index contributed by atoms with van der Waals surface area (Å²) in [5, 5.41) is -1.04. The molecular formula is C32H25F6OPS. The lowest BCUT2D eigenvalue weighted by Gasteiger charge is -2.54. The van der Waals surface area contributed by atoms with E-state index in [1.807, 2.05) is 6.92 Å². The molecule has 2 aliphatic heterocycles. The van der Waals surface area contributed by atoms with E-state index in [-0.39, 0.29) is 40.4 Å². The lowest BCUT2D eigenvalue weighted by Crippen LogP contribution is -2.54. The van der Waals surface area contributed by atoms with Crippen LogP contribution >= 0.6 is 18.9 Å². The Morgan fingerprint density at radius 2 is 1.24 bits per heavy atom. The lowest BCUT2D eigenvalue weighted by atomic mass is 9.64. The Balaban J connectivity index is 1.80. The molecule has 2 aliphatic carbocycles. The smallest absolute Gasteiger partial charge is 0.313 e. The van der Waals surface area contributed by atoms with Crippen molar-refractivity contribution in [1.82, 2.24) is 0 Å². The number of allylic oxidation sites excluding steroid dienone is 3. The molecule has 9 heteroatoms. The molecule has 212 valence electrons. The van der Waals surface area contributed by atoms with E-state index in [1.54, 1.807) is 73.7 Å². The molecule has 41 heavy (non-hydrogen) atoms. The molecular weight excluding hydrogens is 577 g/mol. The third-order valence-corrected chi connectivity index (χ3v) is 15.3. The van der Waals surface area contributed by atoms with Crippen molar-refractivity contribution in [1.29, 1.82) is 0 Å². The molecule has 0 saturated heterocycles. The number of halogens is 6. The van der Waals surface area contributed by atoms with Gasteiger partial charge in [0.2, 0.25) is 0 Å². The van der Waals surface area contributed by atoms with Gasteiger partial charge in [0.25, 0.3) is 0 Å². The van der Waals surface area contributed by atoms with Crippen LogP contribution in [0.25, 0.3) is 11.1 Å². The molecule has 7 rings (SSSR count). The average molecular weight is 603 g/mol. The number of benzene rings is 3. The minimum atomic E-state index is -5.68. The van der Waals surface area contributed by atoms with Crippen molar-refractivity contribution in [2.45, 2.75) is 65.7 Å². The van der Waals surface area contributed by atoms with Gasteiger partial charge in [0.15, 0.2) is 7.14 Å². The average Bonchev–Trinajstić information content (AvgIpc) is 3.46. The van der Waals surface area contributed by atoms with Gasteiger partial charge in [-0.1, -0.05) is 93.1 Å². The molecule has 1 fully saturated rings. The first-order valence-electron chi connectivity index (χ1n) is 13.6. The van der Waals surface area contributed by atoms with Crippen LogP contribution in [0.5, 0.6) is 0 Å². The number of rotatable bonds is 4. The summed E-state index contributed by atoms with van der Waals surface area (Å²) in [5.41, 5.74) is -2.85. The normalized spacial score (nSPS) is 31.4. The zero-order valence-corrected chi connectivity index (χ0v) is 23.9. The molecule has 0 unspecified atom stereocenters. The summed E-state index contributed by atoms with van der Waals surface area (Å²) in [6.07, 6.45) is 0.548. The maximum atomic E-state index is 16.2. The first-order chi connectivity index (χ1) is 19.4. The predicted molar refractivity (Wildman–Crippen MR) is 151 cm³/mol. The van der Waals surface area contributed by atoms with Crippen LogP contribution < -0.4 is 10.6 Å². The summed E-state index contributed by atoms with van der Waals surface area (Å²) in [6.45, 7) is 3.57. The maximum Gasteiger partial charge on any atom is 0.380 e. The molecule has 0 N–H and O–H groups in total. The predicted octanol–water partition coefficient (Wildman–Crippen LogP) is 8.95. The van der Waals surface area contributed by atoms with Crippen molar-refractivity contribution in [2.75, 3.05) is 0 Å². The summed E-state index contributed by atoms with van der Waals surface area (Å²) in [6, 6.07) is 21.3. The van der Waals surface area contributed by atoms with Gasteiger partial charge in [-0.05, 0) is 41.2 Å². The number of fused-ring (bicyclic) bond motifs is 8. The molecule has 0 spiro atoms. The molecule has 1 nitrogen and oxygen atoms in total. The summed E-state index contributed by atoms with van der Waals surface area (Å²) >= 11 is 1.21. The zero-order chi connectivity index (χ0) is 29.2. The Kier molecular flexibility index (Phi) is 5.45. The molecule has 0 radical (unpaired) electrons. The summed E-state index contributed by atoms with van der Waals surface area (Å²) in [5.74, 6) is -16.0. The van der Waals surface area contributed by atoms with Crippen molar-refractivity contribution in [3.63, 3.8) is 0 Å². The third-order valence-electron chi connectivity index (χ3n) is 9.37. The van der Waals surface area contributed by atoms with Crippen LogP contribution in [-0.4, -0.2) is 27.7 Å². The fraction of sp³-hybridized carbons (Fsp3) is 0.312. The van der Waals surface area contributed by atoms with E-state index in [9.17, 15) is 0 Å². The largest absolute Gasteiger partial charge is 0.380 e. The Morgan fingerprint density at radius 1 is 0.683 bits per heavy atom. The highest BCUT2D eigenvalue weighted by Gasteiger charge is 2.86. The van der Waals surface area contributed by atoms with Gasteiger partial charge in [0, 0.05) is 26.7 Å². The Bertz CT molecular complexity index is 1750. The number of hydrogen-bond acceptors (Lipinski definition) is 2. The summed E-state index contributed by atoms with van der Waals surface area (Å²) in [7, 11) is -4.00.